The molecule has 0 saturated carbocycles. The zero-order chi connectivity index (χ0) is 10.1. The van der Waals surface area contributed by atoms with Crippen molar-refractivity contribution < 1.29 is 13.5 Å². The van der Waals surface area contributed by atoms with Crippen LogP contribution in [0.4, 0.5) is 5.69 Å². The quantitative estimate of drug-likeness (QED) is 0.752. The fourth-order valence-electron chi connectivity index (χ4n) is 0.934. The van der Waals surface area contributed by atoms with Gasteiger partial charge in [-0.1, -0.05) is 6.07 Å². The van der Waals surface area contributed by atoms with Gasteiger partial charge in [-0.05, 0) is 19.1 Å². The van der Waals surface area contributed by atoms with Gasteiger partial charge in [0, 0.05) is 5.56 Å². The average molecular weight is 201 g/mol. The van der Waals surface area contributed by atoms with E-state index in [9.17, 15) is 13.5 Å². The number of anilines is 1. The van der Waals surface area contributed by atoms with Crippen molar-refractivity contribution in [2.75, 3.05) is 11.0 Å². The molecule has 2 N–H and O–H groups in total. The topological polar surface area (TPSA) is 66.4 Å². The molecular formula is C8H11NO3S. The zero-order valence-corrected chi connectivity index (χ0v) is 8.22. The van der Waals surface area contributed by atoms with Crippen LogP contribution in [0.5, 0.6) is 5.75 Å². The smallest absolute Gasteiger partial charge is 0.229 e. The van der Waals surface area contributed by atoms with E-state index < -0.39 is 10.0 Å². The summed E-state index contributed by atoms with van der Waals surface area (Å²) in [7, 11) is -3.28. The fraction of sp³-hybridized carbons (Fsp3) is 0.250. The summed E-state index contributed by atoms with van der Waals surface area (Å²) in [4.78, 5) is 0. The van der Waals surface area contributed by atoms with Gasteiger partial charge < -0.3 is 5.11 Å². The standard InChI is InChI=1S/C8H11NO3S/c1-6-7(9-13(2,11)12)4-3-5-8(6)10/h3-5,9-10H,1-2H3. The number of hydrogen-bond acceptors (Lipinski definition) is 3. The number of hydrogen-bond donors (Lipinski definition) is 2. The van der Waals surface area contributed by atoms with Crippen LogP contribution in [-0.4, -0.2) is 19.8 Å². The number of benzene rings is 1. The van der Waals surface area contributed by atoms with Crippen LogP contribution in [0.3, 0.4) is 0 Å². The van der Waals surface area contributed by atoms with Crippen LogP contribution in [0.25, 0.3) is 0 Å². The van der Waals surface area contributed by atoms with Crippen molar-refractivity contribution in [2.24, 2.45) is 0 Å². The molecule has 0 radical (unpaired) electrons. The number of nitrogens with one attached hydrogen (secondary N) is 1. The Morgan fingerprint density at radius 3 is 2.54 bits per heavy atom. The van der Waals surface area contributed by atoms with Crippen LogP contribution >= 0.6 is 0 Å². The summed E-state index contributed by atoms with van der Waals surface area (Å²) in [6, 6.07) is 4.68. The van der Waals surface area contributed by atoms with E-state index in [1.54, 1.807) is 19.1 Å². The highest BCUT2D eigenvalue weighted by Crippen LogP contribution is 2.24. The molecule has 0 aliphatic carbocycles. The largest absolute Gasteiger partial charge is 0.508 e. The van der Waals surface area contributed by atoms with E-state index in [1.165, 1.54) is 6.07 Å². The lowest BCUT2D eigenvalue weighted by molar-refractivity contribution is 0.471. The fourth-order valence-corrected chi connectivity index (χ4v) is 1.55. The van der Waals surface area contributed by atoms with Crippen LogP contribution in [-0.2, 0) is 10.0 Å². The predicted molar refractivity (Wildman–Crippen MR) is 51.3 cm³/mol. The monoisotopic (exact) mass is 201 g/mol. The van der Waals surface area contributed by atoms with E-state index in [0.29, 0.717) is 11.3 Å². The third-order valence-electron chi connectivity index (χ3n) is 1.60. The maximum atomic E-state index is 10.9. The molecule has 0 heterocycles. The van der Waals surface area contributed by atoms with Gasteiger partial charge in [-0.2, -0.15) is 0 Å². The molecule has 0 atom stereocenters. The first-order chi connectivity index (χ1) is 5.90. The second-order valence-corrected chi connectivity index (χ2v) is 4.57. The number of sulfonamides is 1. The minimum absolute atomic E-state index is 0.0775. The molecule has 0 spiro atoms. The first kappa shape index (κ1) is 9.85. The van der Waals surface area contributed by atoms with Gasteiger partial charge in [0.05, 0.1) is 11.9 Å². The van der Waals surface area contributed by atoms with Crippen LogP contribution in [0.1, 0.15) is 5.56 Å². The molecule has 0 aliphatic rings. The Morgan fingerprint density at radius 1 is 1.38 bits per heavy atom. The van der Waals surface area contributed by atoms with Crippen molar-refractivity contribution in [1.29, 1.82) is 0 Å². The third kappa shape index (κ3) is 2.62. The first-order valence-electron chi connectivity index (χ1n) is 3.66. The van der Waals surface area contributed by atoms with Crippen molar-refractivity contribution in [3.8, 4) is 5.75 Å². The van der Waals surface area contributed by atoms with Crippen LogP contribution in [0, 0.1) is 6.92 Å². The van der Waals surface area contributed by atoms with Gasteiger partial charge in [0.15, 0.2) is 0 Å². The molecule has 0 saturated heterocycles. The van der Waals surface area contributed by atoms with Crippen LogP contribution < -0.4 is 4.72 Å². The van der Waals surface area contributed by atoms with E-state index in [0.717, 1.165) is 6.26 Å². The Balaban J connectivity index is 3.10. The van der Waals surface area contributed by atoms with E-state index >= 15 is 0 Å². The van der Waals surface area contributed by atoms with E-state index in [-0.39, 0.29) is 5.75 Å². The maximum Gasteiger partial charge on any atom is 0.229 e. The van der Waals surface area contributed by atoms with E-state index in [4.69, 9.17) is 0 Å². The third-order valence-corrected chi connectivity index (χ3v) is 2.19. The van der Waals surface area contributed by atoms with Gasteiger partial charge in [-0.15, -0.1) is 0 Å². The molecule has 0 aliphatic heterocycles. The summed E-state index contributed by atoms with van der Waals surface area (Å²) >= 11 is 0. The Kier molecular flexibility index (Phi) is 2.47. The zero-order valence-electron chi connectivity index (χ0n) is 7.40. The number of phenols is 1. The minimum Gasteiger partial charge on any atom is -0.508 e. The summed E-state index contributed by atoms with van der Waals surface area (Å²) in [6.07, 6.45) is 1.07. The van der Waals surface area contributed by atoms with Crippen molar-refractivity contribution in [3.05, 3.63) is 23.8 Å². The Hall–Kier alpha value is -1.23. The molecule has 13 heavy (non-hydrogen) atoms. The second-order valence-electron chi connectivity index (χ2n) is 2.82. The van der Waals surface area contributed by atoms with Crippen LogP contribution in [0.15, 0.2) is 18.2 Å². The molecular weight excluding hydrogens is 190 g/mol. The van der Waals surface area contributed by atoms with E-state index in [2.05, 4.69) is 4.72 Å². The lowest BCUT2D eigenvalue weighted by Gasteiger charge is -2.07. The number of aromatic hydroxyl groups is 1. The highest BCUT2D eigenvalue weighted by Gasteiger charge is 2.06. The molecule has 72 valence electrons. The lowest BCUT2D eigenvalue weighted by atomic mass is 10.2. The van der Waals surface area contributed by atoms with Crippen molar-refractivity contribution in [3.63, 3.8) is 0 Å². The van der Waals surface area contributed by atoms with Gasteiger partial charge in [-0.3, -0.25) is 4.72 Å². The van der Waals surface area contributed by atoms with Crippen LogP contribution in [0.2, 0.25) is 0 Å². The molecule has 0 aromatic heterocycles. The number of rotatable bonds is 2. The summed E-state index contributed by atoms with van der Waals surface area (Å²) in [5.41, 5.74) is 0.926. The summed E-state index contributed by atoms with van der Waals surface area (Å²) in [6.45, 7) is 1.64. The van der Waals surface area contributed by atoms with Gasteiger partial charge in [0.1, 0.15) is 5.75 Å². The summed E-state index contributed by atoms with van der Waals surface area (Å²) in [5, 5.41) is 9.26. The lowest BCUT2D eigenvalue weighted by Crippen LogP contribution is -2.10. The van der Waals surface area contributed by atoms with Crippen molar-refractivity contribution >= 4 is 15.7 Å². The molecule has 1 rings (SSSR count). The minimum atomic E-state index is -3.28. The molecule has 0 bridgehead atoms. The molecule has 1 aromatic rings. The van der Waals surface area contributed by atoms with Crippen molar-refractivity contribution in [2.45, 2.75) is 6.92 Å². The second kappa shape index (κ2) is 3.26. The van der Waals surface area contributed by atoms with Gasteiger partial charge in [-0.25, -0.2) is 8.42 Å². The van der Waals surface area contributed by atoms with E-state index in [1.807, 2.05) is 0 Å². The average Bonchev–Trinajstić information content (AvgIpc) is 1.96. The summed E-state index contributed by atoms with van der Waals surface area (Å²) < 4.78 is 24.0. The molecule has 4 nitrogen and oxygen atoms in total. The van der Waals surface area contributed by atoms with Crippen molar-refractivity contribution in [1.82, 2.24) is 0 Å². The maximum absolute atomic E-state index is 10.9. The number of phenolic OH excluding ortho intramolecular Hbond substituents is 1. The predicted octanol–water partition coefficient (Wildman–Crippen LogP) is 1.07. The molecule has 0 unspecified atom stereocenters. The first-order valence-corrected chi connectivity index (χ1v) is 5.55. The highest BCUT2D eigenvalue weighted by atomic mass is 32.2. The molecule has 0 amide bonds. The Bertz CT molecular complexity index is 411. The van der Waals surface area contributed by atoms with Gasteiger partial charge in [0.25, 0.3) is 0 Å². The molecule has 5 heteroatoms. The summed E-state index contributed by atoms with van der Waals surface area (Å²) in [5.74, 6) is 0.0775. The van der Waals surface area contributed by atoms with Gasteiger partial charge >= 0.3 is 0 Å². The normalized spacial score (nSPS) is 11.2. The highest BCUT2D eigenvalue weighted by molar-refractivity contribution is 7.92. The SMILES string of the molecule is Cc1c(O)cccc1NS(C)(=O)=O. The molecule has 1 aromatic carbocycles. The Morgan fingerprint density at radius 2 is 2.00 bits per heavy atom. The Labute approximate surface area is 77.3 Å². The molecule has 0 fully saturated rings. The van der Waals surface area contributed by atoms with Gasteiger partial charge in [0.2, 0.25) is 10.0 Å².